The number of aryl methyl sites for hydroxylation is 1. The van der Waals surface area contributed by atoms with Crippen LogP contribution in [-0.4, -0.2) is 12.8 Å². The van der Waals surface area contributed by atoms with E-state index in [4.69, 9.17) is 9.84 Å². The Labute approximate surface area is 159 Å². The lowest BCUT2D eigenvalue weighted by Crippen LogP contribution is -2.28. The predicted molar refractivity (Wildman–Crippen MR) is 109 cm³/mol. The number of hydrogen-bond donors (Lipinski definition) is 0. The normalized spacial score (nSPS) is 20.6. The molecule has 0 fully saturated rings. The molecule has 2 aliphatic rings. The number of fused-ring (bicyclic) bond motifs is 3. The molecule has 0 N–H and O–H groups in total. The minimum atomic E-state index is 0.210. The van der Waals surface area contributed by atoms with Crippen molar-refractivity contribution in [1.82, 2.24) is 0 Å². The fraction of sp³-hybridized carbons (Fsp3) is 0.208. The minimum absolute atomic E-state index is 0.210. The van der Waals surface area contributed by atoms with Crippen LogP contribution in [0.4, 0.5) is 5.69 Å². The number of anilines is 1. The summed E-state index contributed by atoms with van der Waals surface area (Å²) in [5, 5.41) is 7.35. The number of nitrogens with zero attached hydrogens (tertiary/aromatic N) is 2. The van der Waals surface area contributed by atoms with Gasteiger partial charge in [0, 0.05) is 11.5 Å². The van der Waals surface area contributed by atoms with E-state index >= 15 is 0 Å². The molecule has 3 aromatic rings. The Kier molecular flexibility index (Phi) is 3.93. The van der Waals surface area contributed by atoms with Crippen molar-refractivity contribution in [2.24, 2.45) is 11.0 Å². The zero-order chi connectivity index (χ0) is 18.2. The van der Waals surface area contributed by atoms with Gasteiger partial charge in [-0.05, 0) is 48.2 Å². The summed E-state index contributed by atoms with van der Waals surface area (Å²) in [6.07, 6.45) is 2.23. The maximum Gasteiger partial charge on any atom is 0.118 e. The molecular weight excluding hydrogens is 332 g/mol. The zero-order valence-electron chi connectivity index (χ0n) is 15.4. The molecule has 1 aliphatic carbocycles. The third-order valence-electron chi connectivity index (χ3n) is 5.71. The molecule has 0 radical (unpaired) electrons. The smallest absolute Gasteiger partial charge is 0.118 e. The first kappa shape index (κ1) is 16.1. The van der Waals surface area contributed by atoms with Crippen LogP contribution in [0.5, 0.6) is 5.75 Å². The van der Waals surface area contributed by atoms with E-state index in [1.165, 1.54) is 22.4 Å². The largest absolute Gasteiger partial charge is 0.497 e. The van der Waals surface area contributed by atoms with Crippen LogP contribution in [0.2, 0.25) is 0 Å². The summed E-state index contributed by atoms with van der Waals surface area (Å²) in [7, 11) is 1.71. The molecule has 0 saturated carbocycles. The number of hydrazone groups is 1. The van der Waals surface area contributed by atoms with Crippen LogP contribution in [0, 0.1) is 5.92 Å². The minimum Gasteiger partial charge on any atom is -0.497 e. The Balaban J connectivity index is 1.62. The fourth-order valence-corrected chi connectivity index (χ4v) is 4.39. The third kappa shape index (κ3) is 2.71. The van der Waals surface area contributed by atoms with Gasteiger partial charge in [-0.3, -0.25) is 5.01 Å². The second kappa shape index (κ2) is 6.58. The average Bonchev–Trinajstić information content (AvgIpc) is 3.14. The standard InChI is InChI=1S/C24H22N2O/c1-27-20-14-11-18(12-15-20)24-22-16-13-17-7-5-6-10-21(17)23(22)25-26(24)19-8-3-2-4-9-19/h2-12,14-15,22,24H,13,16H2,1H3/t22-,24+/m1/s1. The van der Waals surface area contributed by atoms with Crippen LogP contribution >= 0.6 is 0 Å². The van der Waals surface area contributed by atoms with Crippen molar-refractivity contribution in [3.63, 3.8) is 0 Å². The Morgan fingerprint density at radius 1 is 0.889 bits per heavy atom. The summed E-state index contributed by atoms with van der Waals surface area (Å²) in [4.78, 5) is 0. The molecule has 0 bridgehead atoms. The van der Waals surface area contributed by atoms with Crippen molar-refractivity contribution >= 4 is 11.4 Å². The topological polar surface area (TPSA) is 24.8 Å². The van der Waals surface area contributed by atoms with Crippen molar-refractivity contribution in [2.45, 2.75) is 18.9 Å². The summed E-state index contributed by atoms with van der Waals surface area (Å²) >= 11 is 0. The van der Waals surface area contributed by atoms with Gasteiger partial charge in [-0.2, -0.15) is 5.10 Å². The maximum atomic E-state index is 5.35. The van der Waals surface area contributed by atoms with Gasteiger partial charge in [-0.15, -0.1) is 0 Å². The van der Waals surface area contributed by atoms with Gasteiger partial charge in [-0.1, -0.05) is 54.6 Å². The molecule has 27 heavy (non-hydrogen) atoms. The lowest BCUT2D eigenvalue weighted by Gasteiger charge is -2.30. The molecule has 0 aromatic heterocycles. The highest BCUT2D eigenvalue weighted by Gasteiger charge is 2.41. The van der Waals surface area contributed by atoms with Crippen molar-refractivity contribution in [2.75, 3.05) is 12.1 Å². The summed E-state index contributed by atoms with van der Waals surface area (Å²) in [5.41, 5.74) is 6.36. The molecule has 134 valence electrons. The first-order chi connectivity index (χ1) is 13.3. The molecule has 3 aromatic carbocycles. The van der Waals surface area contributed by atoms with Gasteiger partial charge in [0.1, 0.15) is 5.75 Å². The summed E-state index contributed by atoms with van der Waals surface area (Å²) < 4.78 is 5.35. The Hall–Kier alpha value is -3.07. The van der Waals surface area contributed by atoms with Crippen LogP contribution < -0.4 is 9.75 Å². The van der Waals surface area contributed by atoms with Gasteiger partial charge < -0.3 is 4.74 Å². The van der Waals surface area contributed by atoms with Crippen LogP contribution in [0.15, 0.2) is 84.0 Å². The predicted octanol–water partition coefficient (Wildman–Crippen LogP) is 5.22. The summed E-state index contributed by atoms with van der Waals surface area (Å²) in [6, 6.07) is 27.9. The molecule has 0 saturated heterocycles. The lowest BCUT2D eigenvalue weighted by molar-refractivity contribution is 0.414. The number of benzene rings is 3. The molecule has 3 nitrogen and oxygen atoms in total. The van der Waals surface area contributed by atoms with E-state index in [9.17, 15) is 0 Å². The first-order valence-electron chi connectivity index (χ1n) is 9.50. The van der Waals surface area contributed by atoms with E-state index in [1.807, 2.05) is 12.1 Å². The summed E-state index contributed by atoms with van der Waals surface area (Å²) in [6.45, 7) is 0. The van der Waals surface area contributed by atoms with Gasteiger partial charge in [0.05, 0.1) is 24.6 Å². The van der Waals surface area contributed by atoms with Crippen LogP contribution in [0.1, 0.15) is 29.2 Å². The van der Waals surface area contributed by atoms with E-state index in [0.717, 1.165) is 24.3 Å². The van der Waals surface area contributed by atoms with E-state index < -0.39 is 0 Å². The molecule has 1 aliphatic heterocycles. The van der Waals surface area contributed by atoms with Crippen LogP contribution in [-0.2, 0) is 6.42 Å². The molecule has 5 rings (SSSR count). The molecular formula is C24H22N2O. The van der Waals surface area contributed by atoms with Crippen LogP contribution in [0.25, 0.3) is 0 Å². The van der Waals surface area contributed by atoms with Crippen molar-refractivity contribution in [1.29, 1.82) is 0 Å². The van der Waals surface area contributed by atoms with E-state index in [-0.39, 0.29) is 6.04 Å². The zero-order valence-corrected chi connectivity index (χ0v) is 15.4. The molecule has 0 spiro atoms. The molecule has 1 heterocycles. The molecule has 0 unspecified atom stereocenters. The number of hydrogen-bond acceptors (Lipinski definition) is 3. The van der Waals surface area contributed by atoms with Crippen LogP contribution in [0.3, 0.4) is 0 Å². The number of para-hydroxylation sites is 1. The average molecular weight is 354 g/mol. The van der Waals surface area contributed by atoms with Gasteiger partial charge in [0.2, 0.25) is 0 Å². The molecule has 3 heteroatoms. The van der Waals surface area contributed by atoms with E-state index in [2.05, 4.69) is 71.7 Å². The molecule has 2 atom stereocenters. The Morgan fingerprint density at radius 2 is 1.63 bits per heavy atom. The lowest BCUT2D eigenvalue weighted by atomic mass is 9.77. The monoisotopic (exact) mass is 354 g/mol. The fourth-order valence-electron chi connectivity index (χ4n) is 4.39. The SMILES string of the molecule is COc1ccc([C@H]2[C@@H]3CCc4ccccc4C3=NN2c2ccccc2)cc1. The third-order valence-corrected chi connectivity index (χ3v) is 5.71. The first-order valence-corrected chi connectivity index (χ1v) is 9.50. The van der Waals surface area contributed by atoms with Gasteiger partial charge in [0.15, 0.2) is 0 Å². The van der Waals surface area contributed by atoms with E-state index in [0.29, 0.717) is 5.92 Å². The highest BCUT2D eigenvalue weighted by Crippen LogP contribution is 2.45. The second-order valence-corrected chi connectivity index (χ2v) is 7.19. The maximum absolute atomic E-state index is 5.35. The van der Waals surface area contributed by atoms with E-state index in [1.54, 1.807) is 7.11 Å². The quantitative estimate of drug-likeness (QED) is 0.644. The van der Waals surface area contributed by atoms with Gasteiger partial charge in [0.25, 0.3) is 0 Å². The molecule has 0 amide bonds. The van der Waals surface area contributed by atoms with Crippen molar-refractivity contribution in [3.8, 4) is 5.75 Å². The van der Waals surface area contributed by atoms with Crippen molar-refractivity contribution < 1.29 is 4.74 Å². The Morgan fingerprint density at radius 3 is 2.41 bits per heavy atom. The van der Waals surface area contributed by atoms with Gasteiger partial charge in [-0.25, -0.2) is 0 Å². The highest BCUT2D eigenvalue weighted by molar-refractivity contribution is 6.07. The second-order valence-electron chi connectivity index (χ2n) is 7.19. The van der Waals surface area contributed by atoms with Gasteiger partial charge >= 0.3 is 0 Å². The van der Waals surface area contributed by atoms with Crippen molar-refractivity contribution in [3.05, 3.63) is 95.6 Å². The highest BCUT2D eigenvalue weighted by atomic mass is 16.5. The number of ether oxygens (including phenoxy) is 1. The Bertz CT molecular complexity index is 979. The number of methoxy groups -OCH3 is 1. The summed E-state index contributed by atoms with van der Waals surface area (Å²) in [5.74, 6) is 1.28. The number of rotatable bonds is 3.